The summed E-state index contributed by atoms with van der Waals surface area (Å²) in [7, 11) is 1.44. The third-order valence-corrected chi connectivity index (χ3v) is 4.15. The third kappa shape index (κ3) is 4.87. The fourth-order valence-electron chi connectivity index (χ4n) is 2.65. The molecule has 6 unspecified atom stereocenters. The Bertz CT molecular complexity index is 447. The van der Waals surface area contributed by atoms with Gasteiger partial charge in [-0.2, -0.15) is 0 Å². The first kappa shape index (κ1) is 20.8. The molecule has 0 aliphatic carbocycles. The normalized spacial score (nSPS) is 31.6. The van der Waals surface area contributed by atoms with Crippen molar-refractivity contribution in [3.05, 3.63) is 0 Å². The minimum atomic E-state index is -1.42. The topological polar surface area (TPSA) is 145 Å². The summed E-state index contributed by atoms with van der Waals surface area (Å²) >= 11 is 0. The summed E-state index contributed by atoms with van der Waals surface area (Å²) in [6.45, 7) is 4.62. The van der Waals surface area contributed by atoms with E-state index in [4.69, 9.17) is 10.5 Å². The van der Waals surface area contributed by atoms with Gasteiger partial charge < -0.3 is 36.0 Å². The molecular weight excluding hydrogens is 318 g/mol. The zero-order valence-corrected chi connectivity index (χ0v) is 14.5. The van der Waals surface area contributed by atoms with Crippen molar-refractivity contribution < 1.29 is 29.6 Å². The van der Waals surface area contributed by atoms with Gasteiger partial charge in [0.15, 0.2) is 6.23 Å². The maximum Gasteiger partial charge on any atom is 0.237 e. The molecule has 1 fully saturated rings. The molecule has 9 heteroatoms. The largest absolute Gasteiger partial charge is 0.394 e. The number of aliphatic hydroxyl groups is 3. The van der Waals surface area contributed by atoms with Gasteiger partial charge in [0.2, 0.25) is 11.8 Å². The van der Waals surface area contributed by atoms with Gasteiger partial charge in [0, 0.05) is 14.0 Å². The lowest BCUT2D eigenvalue weighted by atomic mass is 9.94. The SMILES string of the molecule is CC(=O)N(C)C1OC(CO)C(O)C(O)C1NC(=O)C(N)CC(C)C. The van der Waals surface area contributed by atoms with Crippen LogP contribution in [0.25, 0.3) is 0 Å². The number of nitrogens with two attached hydrogens (primary N) is 1. The first-order valence-corrected chi connectivity index (χ1v) is 8.01. The van der Waals surface area contributed by atoms with Gasteiger partial charge in [-0.1, -0.05) is 13.8 Å². The molecule has 0 radical (unpaired) electrons. The zero-order chi connectivity index (χ0) is 18.6. The van der Waals surface area contributed by atoms with E-state index in [1.165, 1.54) is 18.9 Å². The fourth-order valence-corrected chi connectivity index (χ4v) is 2.65. The van der Waals surface area contributed by atoms with Crippen molar-refractivity contribution in [3.63, 3.8) is 0 Å². The smallest absolute Gasteiger partial charge is 0.237 e. The number of ether oxygens (including phenoxy) is 1. The van der Waals surface area contributed by atoms with Gasteiger partial charge in [-0.15, -0.1) is 0 Å². The molecular formula is C15H29N3O6. The number of likely N-dealkylation sites (N-methyl/N-ethyl adjacent to an activating group) is 1. The molecule has 9 nitrogen and oxygen atoms in total. The molecule has 1 heterocycles. The van der Waals surface area contributed by atoms with Crippen LogP contribution in [-0.2, 0) is 14.3 Å². The van der Waals surface area contributed by atoms with Crippen LogP contribution in [0.1, 0.15) is 27.2 Å². The number of carbonyl (C=O) groups excluding carboxylic acids is 2. The fraction of sp³-hybridized carbons (Fsp3) is 0.867. The lowest BCUT2D eigenvalue weighted by Crippen LogP contribution is -2.69. The highest BCUT2D eigenvalue weighted by Crippen LogP contribution is 2.23. The quantitative estimate of drug-likeness (QED) is 0.365. The number of aliphatic hydroxyl groups excluding tert-OH is 3. The third-order valence-electron chi connectivity index (χ3n) is 4.15. The molecule has 1 rings (SSSR count). The van der Waals surface area contributed by atoms with Gasteiger partial charge in [0.25, 0.3) is 0 Å². The number of nitrogens with one attached hydrogen (secondary N) is 1. The van der Waals surface area contributed by atoms with Crippen LogP contribution in [0.3, 0.4) is 0 Å². The number of hydrogen-bond acceptors (Lipinski definition) is 7. The van der Waals surface area contributed by atoms with E-state index >= 15 is 0 Å². The van der Waals surface area contributed by atoms with E-state index in [-0.39, 0.29) is 11.8 Å². The predicted octanol–water partition coefficient (Wildman–Crippen LogP) is -2.24. The Labute approximate surface area is 141 Å². The molecule has 2 amide bonds. The maximum atomic E-state index is 12.3. The second kappa shape index (κ2) is 8.72. The van der Waals surface area contributed by atoms with Crippen LogP contribution < -0.4 is 11.1 Å². The maximum absolute atomic E-state index is 12.3. The minimum Gasteiger partial charge on any atom is -0.394 e. The van der Waals surface area contributed by atoms with Crippen molar-refractivity contribution in [2.75, 3.05) is 13.7 Å². The Morgan fingerprint density at radius 1 is 1.29 bits per heavy atom. The van der Waals surface area contributed by atoms with Crippen molar-refractivity contribution in [2.24, 2.45) is 11.7 Å². The molecule has 6 atom stereocenters. The van der Waals surface area contributed by atoms with Gasteiger partial charge in [0.1, 0.15) is 24.4 Å². The van der Waals surface area contributed by atoms with Gasteiger partial charge in [-0.3, -0.25) is 9.59 Å². The Morgan fingerprint density at radius 3 is 2.33 bits per heavy atom. The number of nitrogens with zero attached hydrogens (tertiary/aromatic N) is 1. The summed E-state index contributed by atoms with van der Waals surface area (Å²) < 4.78 is 5.51. The Morgan fingerprint density at radius 2 is 1.88 bits per heavy atom. The van der Waals surface area contributed by atoms with E-state index in [0.29, 0.717) is 6.42 Å². The summed E-state index contributed by atoms with van der Waals surface area (Å²) in [5.41, 5.74) is 5.83. The average Bonchev–Trinajstić information content (AvgIpc) is 2.50. The number of carbonyl (C=O) groups is 2. The zero-order valence-electron chi connectivity index (χ0n) is 14.5. The van der Waals surface area contributed by atoms with E-state index in [9.17, 15) is 24.9 Å². The lowest BCUT2D eigenvalue weighted by molar-refractivity contribution is -0.227. The van der Waals surface area contributed by atoms with Crippen LogP contribution in [0.2, 0.25) is 0 Å². The van der Waals surface area contributed by atoms with E-state index in [2.05, 4.69) is 5.32 Å². The molecule has 0 bridgehead atoms. The Kier molecular flexibility index (Phi) is 7.56. The molecule has 0 aromatic carbocycles. The summed E-state index contributed by atoms with van der Waals surface area (Å²) in [4.78, 5) is 25.1. The van der Waals surface area contributed by atoms with Crippen molar-refractivity contribution in [3.8, 4) is 0 Å². The second-order valence-corrected chi connectivity index (χ2v) is 6.63. The van der Waals surface area contributed by atoms with Crippen molar-refractivity contribution >= 4 is 11.8 Å². The summed E-state index contributed by atoms with van der Waals surface area (Å²) in [6.07, 6.45) is -4.47. The van der Waals surface area contributed by atoms with Gasteiger partial charge in [-0.05, 0) is 12.3 Å². The first-order chi connectivity index (χ1) is 11.1. The van der Waals surface area contributed by atoms with Crippen LogP contribution in [-0.4, -0.2) is 82.3 Å². The molecule has 1 aliphatic heterocycles. The first-order valence-electron chi connectivity index (χ1n) is 8.01. The molecule has 140 valence electrons. The summed E-state index contributed by atoms with van der Waals surface area (Å²) in [6, 6.07) is -1.85. The summed E-state index contributed by atoms with van der Waals surface area (Å²) in [5, 5.41) is 32.2. The number of rotatable bonds is 6. The summed E-state index contributed by atoms with van der Waals surface area (Å²) in [5.74, 6) is -0.655. The van der Waals surface area contributed by atoms with Crippen LogP contribution in [0.5, 0.6) is 0 Å². The highest BCUT2D eigenvalue weighted by atomic mass is 16.5. The van der Waals surface area contributed by atoms with Crippen molar-refractivity contribution in [1.29, 1.82) is 0 Å². The van der Waals surface area contributed by atoms with E-state index < -0.39 is 49.1 Å². The van der Waals surface area contributed by atoms with Crippen molar-refractivity contribution in [1.82, 2.24) is 10.2 Å². The van der Waals surface area contributed by atoms with Crippen molar-refractivity contribution in [2.45, 2.75) is 63.8 Å². The van der Waals surface area contributed by atoms with Crippen LogP contribution >= 0.6 is 0 Å². The Hall–Kier alpha value is -1.26. The molecule has 1 saturated heterocycles. The van der Waals surface area contributed by atoms with E-state index in [1.54, 1.807) is 0 Å². The minimum absolute atomic E-state index is 0.207. The highest BCUT2D eigenvalue weighted by molar-refractivity contribution is 5.82. The lowest BCUT2D eigenvalue weighted by Gasteiger charge is -2.45. The van der Waals surface area contributed by atoms with Gasteiger partial charge in [-0.25, -0.2) is 0 Å². The van der Waals surface area contributed by atoms with Crippen LogP contribution in [0, 0.1) is 5.92 Å². The molecule has 6 N–H and O–H groups in total. The predicted molar refractivity (Wildman–Crippen MR) is 85.6 cm³/mol. The van der Waals surface area contributed by atoms with Gasteiger partial charge >= 0.3 is 0 Å². The molecule has 0 aromatic heterocycles. The van der Waals surface area contributed by atoms with Gasteiger partial charge in [0.05, 0.1) is 12.6 Å². The second-order valence-electron chi connectivity index (χ2n) is 6.63. The number of amides is 2. The van der Waals surface area contributed by atoms with E-state index in [0.717, 1.165) is 0 Å². The van der Waals surface area contributed by atoms with Crippen LogP contribution in [0.4, 0.5) is 0 Å². The molecule has 0 spiro atoms. The monoisotopic (exact) mass is 347 g/mol. The number of hydrogen-bond donors (Lipinski definition) is 5. The van der Waals surface area contributed by atoms with Crippen LogP contribution in [0.15, 0.2) is 0 Å². The standard InChI is InChI=1S/C15H29N3O6/c1-7(2)5-9(16)14(23)17-11-13(22)12(21)10(6-19)24-15(11)18(4)8(3)20/h7,9-13,15,19,21-22H,5-6,16H2,1-4H3,(H,17,23). The Balaban J connectivity index is 2.96. The molecule has 1 aliphatic rings. The molecule has 24 heavy (non-hydrogen) atoms. The average molecular weight is 347 g/mol. The highest BCUT2D eigenvalue weighted by Gasteiger charge is 2.47. The van der Waals surface area contributed by atoms with E-state index in [1.807, 2.05) is 13.8 Å². The molecule has 0 saturated carbocycles. The molecule has 0 aromatic rings.